The fourth-order valence-corrected chi connectivity index (χ4v) is 4.30. The zero-order valence-corrected chi connectivity index (χ0v) is 17.2. The van der Waals surface area contributed by atoms with Gasteiger partial charge in [-0.05, 0) is 48.4 Å². The molecule has 3 heterocycles. The highest BCUT2D eigenvalue weighted by molar-refractivity contribution is 5.61. The molecule has 2 aliphatic heterocycles. The molecule has 1 fully saturated rings. The Kier molecular flexibility index (Phi) is 5.27. The van der Waals surface area contributed by atoms with Gasteiger partial charge in [0, 0.05) is 56.8 Å². The topological polar surface area (TPSA) is 41.7 Å². The maximum Gasteiger partial charge on any atom is 0.170 e. The van der Waals surface area contributed by atoms with Crippen LogP contribution in [-0.4, -0.2) is 47.7 Å². The molecule has 0 bridgehead atoms. The van der Waals surface area contributed by atoms with Gasteiger partial charge >= 0.3 is 0 Å². The predicted octanol–water partition coefficient (Wildman–Crippen LogP) is 4.04. The van der Waals surface area contributed by atoms with Crippen molar-refractivity contribution >= 4 is 0 Å². The van der Waals surface area contributed by atoms with Gasteiger partial charge in [-0.3, -0.25) is 9.80 Å². The van der Waals surface area contributed by atoms with Gasteiger partial charge in [-0.25, -0.2) is 4.39 Å². The first-order chi connectivity index (χ1) is 14.7. The van der Waals surface area contributed by atoms with Crippen molar-refractivity contribution in [2.24, 2.45) is 0 Å². The fourth-order valence-electron chi connectivity index (χ4n) is 4.30. The molecule has 156 valence electrons. The second kappa shape index (κ2) is 8.20. The quantitative estimate of drug-likeness (QED) is 0.639. The Balaban J connectivity index is 1.17. The van der Waals surface area contributed by atoms with Crippen molar-refractivity contribution in [1.29, 1.82) is 0 Å². The third-order valence-electron chi connectivity index (χ3n) is 6.13. The predicted molar refractivity (Wildman–Crippen MR) is 113 cm³/mol. The molecule has 2 aliphatic rings. The molecule has 5 nitrogen and oxygen atoms in total. The summed E-state index contributed by atoms with van der Waals surface area (Å²) in [6.07, 6.45) is 1.02. The molecule has 3 aromatic rings. The second-order valence-corrected chi connectivity index (χ2v) is 8.18. The fraction of sp³-hybridized carbons (Fsp3) is 0.375. The molecular formula is C24H26FN3O2. The Hall–Kier alpha value is -2.70. The highest BCUT2D eigenvalue weighted by Crippen LogP contribution is 2.28. The van der Waals surface area contributed by atoms with Crippen LogP contribution in [-0.2, 0) is 19.5 Å². The molecule has 5 rings (SSSR count). The Morgan fingerprint density at radius 3 is 2.47 bits per heavy atom. The normalized spacial score (nSPS) is 17.1. The summed E-state index contributed by atoms with van der Waals surface area (Å²) in [6.45, 7) is 8.68. The van der Waals surface area contributed by atoms with Gasteiger partial charge in [0.05, 0.1) is 6.61 Å². The van der Waals surface area contributed by atoms with E-state index in [0.717, 1.165) is 80.6 Å². The van der Waals surface area contributed by atoms with Crippen molar-refractivity contribution in [3.8, 4) is 17.1 Å². The lowest BCUT2D eigenvalue weighted by Crippen LogP contribution is -2.45. The number of halogens is 1. The van der Waals surface area contributed by atoms with Crippen molar-refractivity contribution in [2.75, 3.05) is 32.8 Å². The largest absolute Gasteiger partial charge is 0.493 e. The molecule has 2 aromatic carbocycles. The highest BCUT2D eigenvalue weighted by atomic mass is 19.1. The third kappa shape index (κ3) is 3.98. The number of hydrogen-bond acceptors (Lipinski definition) is 5. The molecule has 0 atom stereocenters. The average molecular weight is 407 g/mol. The van der Waals surface area contributed by atoms with Gasteiger partial charge in [-0.15, -0.1) is 0 Å². The lowest BCUT2D eigenvalue weighted by atomic mass is 10.1. The molecule has 0 saturated carbocycles. The van der Waals surface area contributed by atoms with Crippen LogP contribution in [0.2, 0.25) is 0 Å². The van der Waals surface area contributed by atoms with Gasteiger partial charge in [0.25, 0.3) is 0 Å². The number of benzene rings is 2. The zero-order valence-electron chi connectivity index (χ0n) is 17.2. The first kappa shape index (κ1) is 19.3. The molecule has 30 heavy (non-hydrogen) atoms. The van der Waals surface area contributed by atoms with Crippen LogP contribution in [0.25, 0.3) is 11.3 Å². The number of hydrogen-bond donors (Lipinski definition) is 0. The van der Waals surface area contributed by atoms with E-state index in [0.29, 0.717) is 0 Å². The summed E-state index contributed by atoms with van der Waals surface area (Å²) in [7, 11) is 0. The number of piperazine rings is 1. The second-order valence-electron chi connectivity index (χ2n) is 8.18. The smallest absolute Gasteiger partial charge is 0.170 e. The average Bonchev–Trinajstić information content (AvgIpc) is 3.37. The number of fused-ring (bicyclic) bond motifs is 1. The summed E-state index contributed by atoms with van der Waals surface area (Å²) < 4.78 is 24.4. The van der Waals surface area contributed by atoms with Crippen molar-refractivity contribution in [1.82, 2.24) is 15.0 Å². The molecule has 0 N–H and O–H groups in total. The molecule has 0 unspecified atom stereocenters. The molecule has 6 heteroatoms. The number of nitrogens with zero attached hydrogens (tertiary/aromatic N) is 3. The Bertz CT molecular complexity index is 1020. The van der Waals surface area contributed by atoms with Crippen molar-refractivity contribution in [3.63, 3.8) is 0 Å². The minimum Gasteiger partial charge on any atom is -0.493 e. The van der Waals surface area contributed by atoms with Crippen molar-refractivity contribution in [2.45, 2.75) is 26.4 Å². The monoisotopic (exact) mass is 407 g/mol. The van der Waals surface area contributed by atoms with E-state index < -0.39 is 0 Å². The summed E-state index contributed by atoms with van der Waals surface area (Å²) in [4.78, 5) is 4.93. The maximum atomic E-state index is 13.2. The van der Waals surface area contributed by atoms with Crippen LogP contribution in [0.15, 0.2) is 47.0 Å². The maximum absolute atomic E-state index is 13.2. The first-order valence-corrected chi connectivity index (χ1v) is 10.6. The Labute approximate surface area is 176 Å². The van der Waals surface area contributed by atoms with E-state index in [-0.39, 0.29) is 5.82 Å². The summed E-state index contributed by atoms with van der Waals surface area (Å²) in [6, 6.07) is 13.0. The lowest BCUT2D eigenvalue weighted by Gasteiger charge is -2.34. The zero-order chi connectivity index (χ0) is 20.5. The van der Waals surface area contributed by atoms with E-state index in [9.17, 15) is 4.39 Å². The van der Waals surface area contributed by atoms with Gasteiger partial charge in [-0.1, -0.05) is 17.3 Å². The summed E-state index contributed by atoms with van der Waals surface area (Å²) in [5, 5.41) is 4.29. The molecular weight excluding hydrogens is 381 g/mol. The van der Waals surface area contributed by atoms with Crippen molar-refractivity contribution < 1.29 is 13.7 Å². The van der Waals surface area contributed by atoms with E-state index in [1.807, 2.05) is 6.92 Å². The van der Waals surface area contributed by atoms with Crippen molar-refractivity contribution in [3.05, 3.63) is 70.7 Å². The van der Waals surface area contributed by atoms with Crippen LogP contribution in [0.4, 0.5) is 4.39 Å². The first-order valence-electron chi connectivity index (χ1n) is 10.6. The van der Waals surface area contributed by atoms with Crippen LogP contribution in [0.5, 0.6) is 5.75 Å². The van der Waals surface area contributed by atoms with E-state index in [1.54, 1.807) is 12.1 Å². The number of ether oxygens (including phenoxy) is 1. The number of rotatable bonds is 5. The minimum atomic E-state index is -0.248. The summed E-state index contributed by atoms with van der Waals surface area (Å²) >= 11 is 0. The molecule has 1 aromatic heterocycles. The van der Waals surface area contributed by atoms with E-state index in [4.69, 9.17) is 9.26 Å². The van der Waals surface area contributed by atoms with E-state index in [1.165, 1.54) is 23.3 Å². The van der Waals surface area contributed by atoms with Gasteiger partial charge in [0.2, 0.25) is 0 Å². The van der Waals surface area contributed by atoms with Gasteiger partial charge in [0.15, 0.2) is 5.76 Å². The van der Waals surface area contributed by atoms with Crippen LogP contribution >= 0.6 is 0 Å². The van der Waals surface area contributed by atoms with Crippen LogP contribution in [0, 0.1) is 12.7 Å². The number of aromatic nitrogens is 1. The van der Waals surface area contributed by atoms with Crippen LogP contribution < -0.4 is 4.74 Å². The van der Waals surface area contributed by atoms with E-state index >= 15 is 0 Å². The molecule has 0 radical (unpaired) electrons. The standard InChI is InChI=1S/C24H26FN3O2/c1-17-22(26-30-24(17)19-3-5-21(25)6-4-19)16-28-11-9-27(10-12-28)15-18-2-7-23-20(14-18)8-13-29-23/h2-7,14H,8-13,15-16H2,1H3. The molecule has 0 amide bonds. The molecule has 0 spiro atoms. The van der Waals surface area contributed by atoms with Gasteiger partial charge in [-0.2, -0.15) is 0 Å². The third-order valence-corrected chi connectivity index (χ3v) is 6.13. The Morgan fingerprint density at radius 1 is 0.967 bits per heavy atom. The highest BCUT2D eigenvalue weighted by Gasteiger charge is 2.21. The lowest BCUT2D eigenvalue weighted by molar-refractivity contribution is 0.120. The molecule has 0 aliphatic carbocycles. The SMILES string of the molecule is Cc1c(CN2CCN(Cc3ccc4c(c3)CCO4)CC2)noc1-c1ccc(F)cc1. The van der Waals surface area contributed by atoms with Crippen LogP contribution in [0.1, 0.15) is 22.4 Å². The minimum absolute atomic E-state index is 0.248. The molecule has 1 saturated heterocycles. The van der Waals surface area contributed by atoms with E-state index in [2.05, 4.69) is 33.2 Å². The van der Waals surface area contributed by atoms with Gasteiger partial charge < -0.3 is 9.26 Å². The van der Waals surface area contributed by atoms with Crippen LogP contribution in [0.3, 0.4) is 0 Å². The van der Waals surface area contributed by atoms with Gasteiger partial charge in [0.1, 0.15) is 17.3 Å². The Morgan fingerprint density at radius 2 is 1.70 bits per heavy atom. The summed E-state index contributed by atoms with van der Waals surface area (Å²) in [5.74, 6) is 1.53. The summed E-state index contributed by atoms with van der Waals surface area (Å²) in [5.41, 5.74) is 5.55.